The van der Waals surface area contributed by atoms with Crippen LogP contribution in [0.3, 0.4) is 0 Å². The monoisotopic (exact) mass is 274 g/mol. The van der Waals surface area contributed by atoms with Crippen molar-refractivity contribution in [3.8, 4) is 5.75 Å². The van der Waals surface area contributed by atoms with Gasteiger partial charge in [-0.15, -0.1) is 11.3 Å². The van der Waals surface area contributed by atoms with Crippen molar-refractivity contribution >= 4 is 17.1 Å². The van der Waals surface area contributed by atoms with Crippen LogP contribution in [0.15, 0.2) is 41.8 Å². The molecule has 0 radical (unpaired) electrons. The summed E-state index contributed by atoms with van der Waals surface area (Å²) in [5, 5.41) is 1.90. The topological polar surface area (TPSA) is 26.3 Å². The minimum atomic E-state index is 0.0361. The normalized spacial score (nSPS) is 12.1. The van der Waals surface area contributed by atoms with Crippen LogP contribution in [0.1, 0.15) is 41.4 Å². The van der Waals surface area contributed by atoms with Crippen LogP contribution in [-0.4, -0.2) is 12.4 Å². The van der Waals surface area contributed by atoms with Gasteiger partial charge in [0.25, 0.3) is 0 Å². The van der Waals surface area contributed by atoms with E-state index in [0.29, 0.717) is 5.92 Å². The lowest BCUT2D eigenvalue weighted by atomic mass is 9.98. The van der Waals surface area contributed by atoms with Gasteiger partial charge in [-0.1, -0.05) is 38.1 Å². The quantitative estimate of drug-likeness (QED) is 0.724. The second kappa shape index (κ2) is 6.53. The van der Waals surface area contributed by atoms with Crippen molar-refractivity contribution in [3.05, 3.63) is 52.2 Å². The predicted octanol–water partition coefficient (Wildman–Crippen LogP) is 4.52. The Morgan fingerprint density at radius 1 is 1.26 bits per heavy atom. The Bertz CT molecular complexity index is 531. The number of para-hydroxylation sites is 1. The van der Waals surface area contributed by atoms with Crippen LogP contribution in [0.2, 0.25) is 0 Å². The van der Waals surface area contributed by atoms with Crippen LogP contribution in [0.25, 0.3) is 0 Å². The summed E-state index contributed by atoms with van der Waals surface area (Å²) >= 11 is 1.45. The van der Waals surface area contributed by atoms with Gasteiger partial charge in [0.15, 0.2) is 6.61 Å². The third-order valence-corrected chi connectivity index (χ3v) is 4.13. The largest absolute Gasteiger partial charge is 0.485 e. The van der Waals surface area contributed by atoms with Crippen LogP contribution in [0, 0.1) is 0 Å². The van der Waals surface area contributed by atoms with Gasteiger partial charge in [0.1, 0.15) is 5.75 Å². The van der Waals surface area contributed by atoms with Crippen molar-refractivity contribution in [1.29, 1.82) is 0 Å². The number of hydrogen-bond acceptors (Lipinski definition) is 3. The number of thiophene rings is 1. The molecular weight excluding hydrogens is 256 g/mol. The predicted molar refractivity (Wildman–Crippen MR) is 79.3 cm³/mol. The standard InChI is InChI=1S/C16H18O2S/c1-3-12(2)13-7-4-5-8-15(13)18-11-14(17)16-9-6-10-19-16/h4-10,12H,3,11H2,1-2H3. The van der Waals surface area contributed by atoms with Crippen molar-refractivity contribution < 1.29 is 9.53 Å². The molecule has 0 amide bonds. The fourth-order valence-corrected chi connectivity index (χ4v) is 2.54. The number of carbonyl (C=O) groups excluding carboxylic acids is 1. The fourth-order valence-electron chi connectivity index (χ4n) is 1.89. The maximum absolute atomic E-state index is 11.9. The lowest BCUT2D eigenvalue weighted by Gasteiger charge is -2.15. The molecule has 0 spiro atoms. The number of benzene rings is 1. The first-order valence-electron chi connectivity index (χ1n) is 6.50. The summed E-state index contributed by atoms with van der Waals surface area (Å²) < 4.78 is 5.70. The molecule has 19 heavy (non-hydrogen) atoms. The maximum Gasteiger partial charge on any atom is 0.210 e. The average Bonchev–Trinajstić information content (AvgIpc) is 2.98. The molecule has 1 atom stereocenters. The summed E-state index contributed by atoms with van der Waals surface area (Å²) in [4.78, 5) is 12.7. The van der Waals surface area contributed by atoms with E-state index in [-0.39, 0.29) is 12.4 Å². The molecule has 2 aromatic rings. The molecule has 0 aliphatic carbocycles. The number of Topliss-reactive ketones (excluding diaryl/α,β-unsaturated/α-hetero) is 1. The summed E-state index contributed by atoms with van der Waals surface area (Å²) in [5.74, 6) is 1.30. The van der Waals surface area contributed by atoms with E-state index in [9.17, 15) is 4.79 Å². The number of ketones is 1. The van der Waals surface area contributed by atoms with Gasteiger partial charge in [0, 0.05) is 0 Å². The fraction of sp³-hybridized carbons (Fsp3) is 0.312. The lowest BCUT2D eigenvalue weighted by molar-refractivity contribution is 0.0924. The van der Waals surface area contributed by atoms with Gasteiger partial charge in [-0.2, -0.15) is 0 Å². The van der Waals surface area contributed by atoms with Crippen LogP contribution < -0.4 is 4.74 Å². The van der Waals surface area contributed by atoms with Crippen molar-refractivity contribution in [2.45, 2.75) is 26.2 Å². The Kier molecular flexibility index (Phi) is 4.74. The SMILES string of the molecule is CCC(C)c1ccccc1OCC(=O)c1cccs1. The number of rotatable bonds is 6. The highest BCUT2D eigenvalue weighted by Gasteiger charge is 2.12. The lowest BCUT2D eigenvalue weighted by Crippen LogP contribution is -2.11. The molecule has 1 heterocycles. The van der Waals surface area contributed by atoms with Gasteiger partial charge in [-0.25, -0.2) is 0 Å². The van der Waals surface area contributed by atoms with Crippen LogP contribution in [0.5, 0.6) is 5.75 Å². The zero-order chi connectivity index (χ0) is 13.7. The van der Waals surface area contributed by atoms with Gasteiger partial charge >= 0.3 is 0 Å². The maximum atomic E-state index is 11.9. The van der Waals surface area contributed by atoms with E-state index >= 15 is 0 Å². The van der Waals surface area contributed by atoms with Crippen molar-refractivity contribution in [3.63, 3.8) is 0 Å². The highest BCUT2D eigenvalue weighted by Crippen LogP contribution is 2.28. The first-order chi connectivity index (χ1) is 9.22. The zero-order valence-electron chi connectivity index (χ0n) is 11.3. The van der Waals surface area contributed by atoms with Crippen molar-refractivity contribution in [2.24, 2.45) is 0 Å². The second-order valence-corrected chi connectivity index (χ2v) is 5.48. The van der Waals surface area contributed by atoms with E-state index in [2.05, 4.69) is 19.9 Å². The number of ether oxygens (including phenoxy) is 1. The van der Waals surface area contributed by atoms with Gasteiger partial charge in [0.2, 0.25) is 5.78 Å². The molecule has 0 fully saturated rings. The van der Waals surface area contributed by atoms with Crippen LogP contribution in [-0.2, 0) is 0 Å². The summed E-state index contributed by atoms with van der Waals surface area (Å²) in [6, 6.07) is 11.7. The third-order valence-electron chi connectivity index (χ3n) is 3.22. The molecule has 2 nitrogen and oxygen atoms in total. The minimum Gasteiger partial charge on any atom is -0.485 e. The Balaban J connectivity index is 2.05. The molecule has 1 unspecified atom stereocenters. The Hall–Kier alpha value is -1.61. The van der Waals surface area contributed by atoms with Gasteiger partial charge < -0.3 is 4.74 Å². The summed E-state index contributed by atoms with van der Waals surface area (Å²) in [5.41, 5.74) is 1.17. The number of carbonyl (C=O) groups is 1. The molecule has 0 saturated heterocycles. The summed E-state index contributed by atoms with van der Waals surface area (Å²) in [6.45, 7) is 4.43. The zero-order valence-corrected chi connectivity index (χ0v) is 12.1. The molecule has 2 rings (SSSR count). The molecule has 0 N–H and O–H groups in total. The highest BCUT2D eigenvalue weighted by atomic mass is 32.1. The molecule has 3 heteroatoms. The minimum absolute atomic E-state index is 0.0361. The molecular formula is C16H18O2S. The van der Waals surface area contributed by atoms with Crippen molar-refractivity contribution in [2.75, 3.05) is 6.61 Å². The average molecular weight is 274 g/mol. The summed E-state index contributed by atoms with van der Waals surface area (Å²) in [7, 11) is 0. The molecule has 0 aliphatic rings. The third kappa shape index (κ3) is 3.44. The van der Waals surface area contributed by atoms with Gasteiger partial charge in [-0.3, -0.25) is 4.79 Å². The van der Waals surface area contributed by atoms with Crippen LogP contribution in [0.4, 0.5) is 0 Å². The molecule has 0 bridgehead atoms. The van der Waals surface area contributed by atoms with E-state index in [0.717, 1.165) is 17.0 Å². The first-order valence-corrected chi connectivity index (χ1v) is 7.38. The molecule has 0 saturated carbocycles. The van der Waals surface area contributed by atoms with Gasteiger partial charge in [-0.05, 0) is 35.4 Å². The highest BCUT2D eigenvalue weighted by molar-refractivity contribution is 7.12. The first kappa shape index (κ1) is 13.8. The Labute approximate surface area is 118 Å². The summed E-state index contributed by atoms with van der Waals surface area (Å²) in [6.07, 6.45) is 1.05. The van der Waals surface area contributed by atoms with E-state index in [1.807, 2.05) is 35.7 Å². The second-order valence-electron chi connectivity index (χ2n) is 4.54. The Morgan fingerprint density at radius 2 is 2.05 bits per heavy atom. The number of hydrogen-bond donors (Lipinski definition) is 0. The van der Waals surface area contributed by atoms with Gasteiger partial charge in [0.05, 0.1) is 4.88 Å². The van der Waals surface area contributed by atoms with E-state index < -0.39 is 0 Å². The van der Waals surface area contributed by atoms with E-state index in [4.69, 9.17) is 4.74 Å². The van der Waals surface area contributed by atoms with Crippen LogP contribution >= 0.6 is 11.3 Å². The molecule has 1 aromatic heterocycles. The smallest absolute Gasteiger partial charge is 0.210 e. The molecule has 0 aliphatic heterocycles. The van der Waals surface area contributed by atoms with Crippen molar-refractivity contribution in [1.82, 2.24) is 0 Å². The molecule has 1 aromatic carbocycles. The molecule has 100 valence electrons. The Morgan fingerprint density at radius 3 is 2.74 bits per heavy atom. The van der Waals surface area contributed by atoms with E-state index in [1.165, 1.54) is 16.9 Å². The van der Waals surface area contributed by atoms with E-state index in [1.54, 1.807) is 0 Å².